The molecule has 1 fully saturated rings. The van der Waals surface area contributed by atoms with Crippen molar-refractivity contribution in [2.45, 2.75) is 45.1 Å². The quantitative estimate of drug-likeness (QED) is 0.745. The van der Waals surface area contributed by atoms with Crippen molar-refractivity contribution in [3.8, 4) is 0 Å². The molecule has 26 heavy (non-hydrogen) atoms. The number of nitrogens with one attached hydrogen (secondary N) is 1. The highest BCUT2D eigenvalue weighted by molar-refractivity contribution is 7.18. The molecule has 1 atom stereocenters. The number of benzene rings is 1. The predicted octanol–water partition coefficient (Wildman–Crippen LogP) is 2.83. The van der Waals surface area contributed by atoms with E-state index in [1.165, 1.54) is 4.70 Å². The van der Waals surface area contributed by atoms with Crippen molar-refractivity contribution < 1.29 is 9.90 Å². The molecule has 0 aliphatic carbocycles. The maximum absolute atomic E-state index is 12.4. The van der Waals surface area contributed by atoms with E-state index in [1.807, 2.05) is 18.2 Å². The second-order valence-electron chi connectivity index (χ2n) is 7.68. The van der Waals surface area contributed by atoms with Gasteiger partial charge in [-0.1, -0.05) is 26.0 Å². The fraction of sp³-hybridized carbons (Fsp3) is 0.600. The van der Waals surface area contributed by atoms with Crippen LogP contribution in [0.15, 0.2) is 24.3 Å². The highest BCUT2D eigenvalue weighted by atomic mass is 32.1. The van der Waals surface area contributed by atoms with Crippen LogP contribution in [-0.2, 0) is 11.2 Å². The van der Waals surface area contributed by atoms with E-state index in [4.69, 9.17) is 0 Å². The van der Waals surface area contributed by atoms with Crippen molar-refractivity contribution in [3.05, 3.63) is 29.3 Å². The number of amides is 1. The standard InChI is InChI=1S/C20H29N3O2S/c1-15(2)12-20(14-24)9-5-11-23(20)13-18(25)21-10-8-19-22-16-6-3-4-7-17(16)26-19/h3-4,6-7,15,24H,5,8-14H2,1-2H3,(H,21,25)/t20-/m1/s1. The summed E-state index contributed by atoms with van der Waals surface area (Å²) in [6.07, 6.45) is 3.71. The summed E-state index contributed by atoms with van der Waals surface area (Å²) in [4.78, 5) is 19.2. The van der Waals surface area contributed by atoms with Crippen LogP contribution in [0.1, 0.15) is 38.1 Å². The average Bonchev–Trinajstić information content (AvgIpc) is 3.18. The monoisotopic (exact) mass is 375 g/mol. The molecule has 1 aromatic heterocycles. The zero-order chi connectivity index (χ0) is 18.6. The first-order valence-corrected chi connectivity index (χ1v) is 10.3. The molecule has 0 spiro atoms. The summed E-state index contributed by atoms with van der Waals surface area (Å²) in [5, 5.41) is 14.0. The largest absolute Gasteiger partial charge is 0.394 e. The van der Waals surface area contributed by atoms with E-state index >= 15 is 0 Å². The number of hydrogen-bond acceptors (Lipinski definition) is 5. The highest BCUT2D eigenvalue weighted by Crippen LogP contribution is 2.34. The van der Waals surface area contributed by atoms with E-state index in [9.17, 15) is 9.90 Å². The number of nitrogens with zero attached hydrogens (tertiary/aromatic N) is 2. The van der Waals surface area contributed by atoms with Gasteiger partial charge in [-0.3, -0.25) is 9.69 Å². The maximum Gasteiger partial charge on any atom is 0.234 e. The SMILES string of the molecule is CC(C)C[C@@]1(CO)CCCN1CC(=O)NCCc1nc2ccccc2s1. The second kappa shape index (κ2) is 8.46. The molecular formula is C20H29N3O2S. The Balaban J connectivity index is 1.50. The molecular weight excluding hydrogens is 346 g/mol. The smallest absolute Gasteiger partial charge is 0.234 e. The molecule has 0 unspecified atom stereocenters. The van der Waals surface area contributed by atoms with Gasteiger partial charge in [0.05, 0.1) is 28.4 Å². The van der Waals surface area contributed by atoms with Gasteiger partial charge in [0.1, 0.15) is 0 Å². The lowest BCUT2D eigenvalue weighted by molar-refractivity contribution is -0.123. The Morgan fingerprint density at radius 2 is 2.23 bits per heavy atom. The molecule has 0 radical (unpaired) electrons. The van der Waals surface area contributed by atoms with E-state index in [1.54, 1.807) is 11.3 Å². The lowest BCUT2D eigenvalue weighted by Gasteiger charge is -2.38. The normalized spacial score (nSPS) is 20.9. The van der Waals surface area contributed by atoms with Crippen molar-refractivity contribution in [1.82, 2.24) is 15.2 Å². The molecule has 142 valence electrons. The fourth-order valence-electron chi connectivity index (χ4n) is 4.04. The predicted molar refractivity (Wildman–Crippen MR) is 106 cm³/mol. The Morgan fingerprint density at radius 3 is 2.96 bits per heavy atom. The highest BCUT2D eigenvalue weighted by Gasteiger charge is 2.41. The number of carbonyl (C=O) groups is 1. The zero-order valence-corrected chi connectivity index (χ0v) is 16.5. The Kier molecular flexibility index (Phi) is 6.27. The van der Waals surface area contributed by atoms with Gasteiger partial charge in [-0.2, -0.15) is 0 Å². The summed E-state index contributed by atoms with van der Waals surface area (Å²) in [7, 11) is 0. The third-order valence-corrected chi connectivity index (χ3v) is 6.25. The third-order valence-electron chi connectivity index (χ3n) is 5.16. The number of rotatable bonds is 8. The Morgan fingerprint density at radius 1 is 1.42 bits per heavy atom. The van der Waals surface area contributed by atoms with Crippen LogP contribution in [0.4, 0.5) is 0 Å². The Bertz CT molecular complexity index is 712. The van der Waals surface area contributed by atoms with Gasteiger partial charge in [-0.25, -0.2) is 4.98 Å². The summed E-state index contributed by atoms with van der Waals surface area (Å²) in [5.41, 5.74) is 0.802. The van der Waals surface area contributed by atoms with E-state index in [-0.39, 0.29) is 18.1 Å². The summed E-state index contributed by atoms with van der Waals surface area (Å²) in [6, 6.07) is 8.11. The number of likely N-dealkylation sites (tertiary alicyclic amines) is 1. The van der Waals surface area contributed by atoms with Crippen molar-refractivity contribution in [2.75, 3.05) is 26.2 Å². The van der Waals surface area contributed by atoms with Crippen molar-refractivity contribution in [2.24, 2.45) is 5.92 Å². The third kappa shape index (κ3) is 4.42. The molecule has 0 bridgehead atoms. The molecule has 1 aliphatic heterocycles. The molecule has 2 N–H and O–H groups in total. The number of para-hydroxylation sites is 1. The molecule has 1 aromatic carbocycles. The van der Waals surface area contributed by atoms with Crippen molar-refractivity contribution in [3.63, 3.8) is 0 Å². The Labute approximate surface area is 159 Å². The average molecular weight is 376 g/mol. The topological polar surface area (TPSA) is 65.5 Å². The minimum absolute atomic E-state index is 0.0367. The molecule has 5 nitrogen and oxygen atoms in total. The molecule has 1 aliphatic rings. The summed E-state index contributed by atoms with van der Waals surface area (Å²) in [5.74, 6) is 0.541. The van der Waals surface area contributed by atoms with Crippen LogP contribution in [0.5, 0.6) is 0 Å². The molecule has 3 rings (SSSR count). The van der Waals surface area contributed by atoms with Gasteiger partial charge in [0.15, 0.2) is 0 Å². The number of aliphatic hydroxyl groups excluding tert-OH is 1. The molecule has 2 aromatic rings. The van der Waals surface area contributed by atoms with E-state index in [2.05, 4.69) is 35.1 Å². The molecule has 6 heteroatoms. The van der Waals surface area contributed by atoms with Gasteiger partial charge in [-0.15, -0.1) is 11.3 Å². The zero-order valence-electron chi connectivity index (χ0n) is 15.7. The van der Waals surface area contributed by atoms with Crippen LogP contribution in [-0.4, -0.2) is 52.7 Å². The lowest BCUT2D eigenvalue weighted by Crippen LogP contribution is -2.51. The molecule has 1 saturated heterocycles. The lowest BCUT2D eigenvalue weighted by atomic mass is 9.87. The van der Waals surface area contributed by atoms with Gasteiger partial charge in [0.25, 0.3) is 0 Å². The molecule has 2 heterocycles. The summed E-state index contributed by atoms with van der Waals surface area (Å²) >= 11 is 1.69. The van der Waals surface area contributed by atoms with Crippen LogP contribution in [0.3, 0.4) is 0 Å². The van der Waals surface area contributed by atoms with E-state index in [0.29, 0.717) is 19.0 Å². The van der Waals surface area contributed by atoms with Crippen molar-refractivity contribution >= 4 is 27.5 Å². The van der Waals surface area contributed by atoms with Gasteiger partial charge >= 0.3 is 0 Å². The first kappa shape index (κ1) is 19.3. The van der Waals surface area contributed by atoms with Gasteiger partial charge < -0.3 is 10.4 Å². The van der Waals surface area contributed by atoms with Crippen LogP contribution in [0.25, 0.3) is 10.2 Å². The number of carbonyl (C=O) groups excluding carboxylic acids is 1. The minimum atomic E-state index is -0.224. The van der Waals surface area contributed by atoms with Gasteiger partial charge in [0, 0.05) is 18.5 Å². The Hall–Kier alpha value is -1.50. The van der Waals surface area contributed by atoms with Crippen LogP contribution < -0.4 is 5.32 Å². The van der Waals surface area contributed by atoms with E-state index < -0.39 is 0 Å². The first-order chi connectivity index (χ1) is 12.5. The number of thiazole rings is 1. The van der Waals surface area contributed by atoms with Crippen LogP contribution >= 0.6 is 11.3 Å². The molecule has 0 saturated carbocycles. The van der Waals surface area contributed by atoms with E-state index in [0.717, 1.165) is 42.8 Å². The number of aromatic nitrogens is 1. The fourth-order valence-corrected chi connectivity index (χ4v) is 5.01. The van der Waals surface area contributed by atoms with Crippen LogP contribution in [0, 0.1) is 5.92 Å². The van der Waals surface area contributed by atoms with Crippen LogP contribution in [0.2, 0.25) is 0 Å². The second-order valence-corrected chi connectivity index (χ2v) is 8.80. The summed E-state index contributed by atoms with van der Waals surface area (Å²) in [6.45, 7) is 6.33. The van der Waals surface area contributed by atoms with Gasteiger partial charge in [-0.05, 0) is 43.9 Å². The van der Waals surface area contributed by atoms with Gasteiger partial charge in [0.2, 0.25) is 5.91 Å². The number of aliphatic hydroxyl groups is 1. The first-order valence-electron chi connectivity index (χ1n) is 9.49. The summed E-state index contributed by atoms with van der Waals surface area (Å²) < 4.78 is 1.19. The number of fused-ring (bicyclic) bond motifs is 1. The maximum atomic E-state index is 12.4. The molecule has 1 amide bonds. The minimum Gasteiger partial charge on any atom is -0.394 e. The number of hydrogen-bond donors (Lipinski definition) is 2. The van der Waals surface area contributed by atoms with Crippen molar-refractivity contribution in [1.29, 1.82) is 0 Å².